The van der Waals surface area contributed by atoms with E-state index >= 15 is 0 Å². The predicted octanol–water partition coefficient (Wildman–Crippen LogP) is 2.48. The standard InChI is InChI=1S/C20H23NO4/c1-12(2)10-24-19(23)16-15-8-9-20(25-15)11-21(18(22)17(16)20)14-6-4-13(3)5-7-14/h4-9,12,15-17H,10-11H2,1-3H3. The third kappa shape index (κ3) is 2.49. The van der Waals surface area contributed by atoms with E-state index in [-0.39, 0.29) is 23.9 Å². The number of rotatable bonds is 4. The molecule has 1 aromatic rings. The third-order valence-corrected chi connectivity index (χ3v) is 5.28. The fourth-order valence-corrected chi connectivity index (χ4v) is 4.06. The summed E-state index contributed by atoms with van der Waals surface area (Å²) in [5.74, 6) is -1.16. The van der Waals surface area contributed by atoms with E-state index in [0.717, 1.165) is 11.3 Å². The average Bonchev–Trinajstić information content (AvgIpc) is 3.22. The molecule has 4 atom stereocenters. The Kier molecular flexibility index (Phi) is 3.72. The van der Waals surface area contributed by atoms with Gasteiger partial charge in [-0.25, -0.2) is 0 Å². The van der Waals surface area contributed by atoms with Crippen molar-refractivity contribution >= 4 is 17.6 Å². The van der Waals surface area contributed by atoms with Crippen molar-refractivity contribution in [3.05, 3.63) is 42.0 Å². The monoisotopic (exact) mass is 341 g/mol. The van der Waals surface area contributed by atoms with Crippen molar-refractivity contribution in [2.45, 2.75) is 32.5 Å². The molecular weight excluding hydrogens is 318 g/mol. The lowest BCUT2D eigenvalue weighted by Gasteiger charge is -2.23. The molecule has 2 bridgehead atoms. The summed E-state index contributed by atoms with van der Waals surface area (Å²) in [5.41, 5.74) is 1.28. The van der Waals surface area contributed by atoms with Crippen LogP contribution in [0.25, 0.3) is 0 Å². The minimum atomic E-state index is -0.700. The first-order chi connectivity index (χ1) is 11.9. The van der Waals surface area contributed by atoms with Gasteiger partial charge in [-0.3, -0.25) is 9.59 Å². The van der Waals surface area contributed by atoms with Crippen molar-refractivity contribution in [2.75, 3.05) is 18.1 Å². The first-order valence-electron chi connectivity index (χ1n) is 8.83. The highest BCUT2D eigenvalue weighted by Gasteiger charge is 2.67. The van der Waals surface area contributed by atoms with Gasteiger partial charge < -0.3 is 14.4 Å². The maximum Gasteiger partial charge on any atom is 0.312 e. The van der Waals surface area contributed by atoms with Crippen LogP contribution >= 0.6 is 0 Å². The van der Waals surface area contributed by atoms with Gasteiger partial charge in [0.15, 0.2) is 0 Å². The molecule has 0 radical (unpaired) electrons. The lowest BCUT2D eigenvalue weighted by Crippen LogP contribution is -2.40. The number of esters is 1. The summed E-state index contributed by atoms with van der Waals surface area (Å²) in [6.07, 6.45) is 3.51. The molecule has 5 nitrogen and oxygen atoms in total. The summed E-state index contributed by atoms with van der Waals surface area (Å²) in [4.78, 5) is 27.5. The number of carbonyl (C=O) groups is 2. The topological polar surface area (TPSA) is 55.8 Å². The van der Waals surface area contributed by atoms with Gasteiger partial charge >= 0.3 is 5.97 Å². The van der Waals surface area contributed by atoms with Crippen molar-refractivity contribution in [3.63, 3.8) is 0 Å². The van der Waals surface area contributed by atoms with Crippen molar-refractivity contribution in [3.8, 4) is 0 Å². The van der Waals surface area contributed by atoms with Gasteiger partial charge in [-0.1, -0.05) is 43.7 Å². The number of carbonyl (C=O) groups excluding carboxylic acids is 2. The van der Waals surface area contributed by atoms with E-state index in [9.17, 15) is 9.59 Å². The van der Waals surface area contributed by atoms with E-state index in [1.54, 1.807) is 4.90 Å². The molecule has 3 aliphatic heterocycles. The van der Waals surface area contributed by atoms with Gasteiger partial charge in [-0.05, 0) is 25.0 Å². The molecule has 2 saturated heterocycles. The summed E-state index contributed by atoms with van der Waals surface area (Å²) in [7, 11) is 0. The summed E-state index contributed by atoms with van der Waals surface area (Å²) in [6, 6.07) is 7.84. The fraction of sp³-hybridized carbons (Fsp3) is 0.500. The number of amides is 1. The molecule has 0 N–H and O–H groups in total. The van der Waals surface area contributed by atoms with Crippen molar-refractivity contribution in [2.24, 2.45) is 17.8 Å². The highest BCUT2D eigenvalue weighted by atomic mass is 16.6. The van der Waals surface area contributed by atoms with Gasteiger partial charge in [0, 0.05) is 5.69 Å². The SMILES string of the molecule is Cc1ccc(N2CC34C=CC(O3)C(C(=O)OCC(C)C)C4C2=O)cc1. The lowest BCUT2D eigenvalue weighted by molar-refractivity contribution is -0.153. The Morgan fingerprint density at radius 1 is 1.36 bits per heavy atom. The van der Waals surface area contributed by atoms with Gasteiger partial charge in [0.25, 0.3) is 0 Å². The molecule has 0 saturated carbocycles. The number of hydrogen-bond acceptors (Lipinski definition) is 4. The quantitative estimate of drug-likeness (QED) is 0.624. The Morgan fingerprint density at radius 3 is 2.76 bits per heavy atom. The molecule has 5 heteroatoms. The van der Waals surface area contributed by atoms with Crippen molar-refractivity contribution < 1.29 is 19.1 Å². The number of fused-ring (bicyclic) bond motifs is 1. The second-order valence-corrected chi connectivity index (χ2v) is 7.68. The minimum Gasteiger partial charge on any atom is -0.465 e. The van der Waals surface area contributed by atoms with E-state index in [4.69, 9.17) is 9.47 Å². The van der Waals surface area contributed by atoms with Crippen LogP contribution in [0.4, 0.5) is 5.69 Å². The zero-order valence-corrected chi connectivity index (χ0v) is 14.8. The Morgan fingerprint density at radius 2 is 2.08 bits per heavy atom. The molecule has 3 aliphatic rings. The maximum absolute atomic E-state index is 13.1. The zero-order valence-electron chi connectivity index (χ0n) is 14.8. The molecule has 4 unspecified atom stereocenters. The van der Waals surface area contributed by atoms with E-state index < -0.39 is 17.4 Å². The fourth-order valence-electron chi connectivity index (χ4n) is 4.06. The van der Waals surface area contributed by atoms with Gasteiger partial charge in [-0.15, -0.1) is 0 Å². The molecule has 0 aromatic heterocycles. The molecule has 2 fully saturated rings. The number of anilines is 1. The second kappa shape index (κ2) is 5.70. The number of hydrogen-bond donors (Lipinski definition) is 0. The van der Waals surface area contributed by atoms with Crippen LogP contribution in [0, 0.1) is 24.7 Å². The van der Waals surface area contributed by atoms with Crippen LogP contribution in [-0.4, -0.2) is 36.7 Å². The molecule has 3 heterocycles. The number of nitrogens with zero attached hydrogens (tertiary/aromatic N) is 1. The Balaban J connectivity index is 1.61. The normalized spacial score (nSPS) is 32.6. The van der Waals surface area contributed by atoms with Crippen LogP contribution in [0.1, 0.15) is 19.4 Å². The Hall–Kier alpha value is -2.14. The van der Waals surface area contributed by atoms with Crippen LogP contribution in [0.3, 0.4) is 0 Å². The van der Waals surface area contributed by atoms with E-state index in [1.807, 2.05) is 57.2 Å². The van der Waals surface area contributed by atoms with Crippen LogP contribution in [0.15, 0.2) is 36.4 Å². The number of ether oxygens (including phenoxy) is 2. The van der Waals surface area contributed by atoms with Gasteiger partial charge in [0.2, 0.25) is 5.91 Å². The highest BCUT2D eigenvalue weighted by molar-refractivity contribution is 6.02. The van der Waals surface area contributed by atoms with Gasteiger partial charge in [-0.2, -0.15) is 0 Å². The lowest BCUT2D eigenvalue weighted by atomic mass is 9.77. The first kappa shape index (κ1) is 16.3. The van der Waals surface area contributed by atoms with Crippen LogP contribution in [0.5, 0.6) is 0 Å². The molecule has 0 aliphatic carbocycles. The maximum atomic E-state index is 13.1. The largest absolute Gasteiger partial charge is 0.465 e. The summed E-state index contributed by atoms with van der Waals surface area (Å²) in [5, 5.41) is 0. The molecule has 132 valence electrons. The molecule has 1 aromatic carbocycles. The third-order valence-electron chi connectivity index (χ3n) is 5.28. The van der Waals surface area contributed by atoms with Crippen LogP contribution in [-0.2, 0) is 19.1 Å². The molecule has 25 heavy (non-hydrogen) atoms. The van der Waals surface area contributed by atoms with Crippen molar-refractivity contribution in [1.82, 2.24) is 0 Å². The summed E-state index contributed by atoms with van der Waals surface area (Å²) >= 11 is 0. The highest BCUT2D eigenvalue weighted by Crippen LogP contribution is 2.52. The van der Waals surface area contributed by atoms with E-state index in [2.05, 4.69) is 0 Å². The van der Waals surface area contributed by atoms with Crippen molar-refractivity contribution in [1.29, 1.82) is 0 Å². The molecule has 1 spiro atoms. The predicted molar refractivity (Wildman–Crippen MR) is 93.1 cm³/mol. The second-order valence-electron chi connectivity index (χ2n) is 7.68. The summed E-state index contributed by atoms with van der Waals surface area (Å²) in [6.45, 7) is 6.80. The molecule has 1 amide bonds. The van der Waals surface area contributed by atoms with E-state index in [0.29, 0.717) is 13.2 Å². The van der Waals surface area contributed by atoms with Crippen LogP contribution < -0.4 is 4.90 Å². The smallest absolute Gasteiger partial charge is 0.312 e. The summed E-state index contributed by atoms with van der Waals surface area (Å²) < 4.78 is 11.5. The minimum absolute atomic E-state index is 0.0535. The zero-order chi connectivity index (χ0) is 17.8. The Labute approximate surface area is 147 Å². The molecular formula is C20H23NO4. The van der Waals surface area contributed by atoms with Crippen LogP contribution in [0.2, 0.25) is 0 Å². The first-order valence-corrected chi connectivity index (χ1v) is 8.83. The average molecular weight is 341 g/mol. The number of benzene rings is 1. The number of aryl methyl sites for hydroxylation is 1. The van der Waals surface area contributed by atoms with Gasteiger partial charge in [0.05, 0.1) is 25.2 Å². The van der Waals surface area contributed by atoms with E-state index in [1.165, 1.54) is 0 Å². The van der Waals surface area contributed by atoms with Gasteiger partial charge in [0.1, 0.15) is 11.5 Å². The molecule has 4 rings (SSSR count). The Bertz CT molecular complexity index is 739.